The van der Waals surface area contributed by atoms with Gasteiger partial charge in [0.05, 0.1) is 5.75 Å². The molecule has 1 rings (SSSR count). The second-order valence-corrected chi connectivity index (χ2v) is 7.14. The molecule has 1 aliphatic rings. The summed E-state index contributed by atoms with van der Waals surface area (Å²) in [6.07, 6.45) is 0.513. The monoisotopic (exact) mass is 358 g/mol. The lowest BCUT2D eigenvalue weighted by molar-refractivity contribution is -0.0510. The number of nitrogens with one attached hydrogen (secondary N) is 1. The van der Waals surface area contributed by atoms with E-state index >= 15 is 0 Å². The van der Waals surface area contributed by atoms with Gasteiger partial charge in [-0.2, -0.15) is 30.0 Å². The van der Waals surface area contributed by atoms with Crippen LogP contribution in [-0.2, 0) is 20.2 Å². The van der Waals surface area contributed by atoms with E-state index in [0.717, 1.165) is 32.7 Å². The topological polar surface area (TPSA) is 124 Å². The molecule has 0 atom stereocenters. The Morgan fingerprint density at radius 1 is 1.05 bits per heavy atom. The summed E-state index contributed by atoms with van der Waals surface area (Å²) in [6, 6.07) is 0. The van der Waals surface area contributed by atoms with Crippen LogP contribution < -0.4 is 5.32 Å². The van der Waals surface area contributed by atoms with E-state index in [9.17, 15) is 21.6 Å². The van der Waals surface area contributed by atoms with Crippen LogP contribution in [0.1, 0.15) is 6.42 Å². The highest BCUT2D eigenvalue weighted by Crippen LogP contribution is 2.20. The summed E-state index contributed by atoms with van der Waals surface area (Å²) in [4.78, 5) is 2.20. The normalized spacial score (nSPS) is 18.0. The molecule has 21 heavy (non-hydrogen) atoms. The maximum Gasteiger partial charge on any atom is 0.522 e. The fraction of sp³-hybridized carbons (Fsp3) is 1.00. The molecule has 1 heterocycles. The van der Waals surface area contributed by atoms with Gasteiger partial charge in [-0.05, 0) is 13.0 Å². The predicted octanol–water partition coefficient (Wildman–Crippen LogP) is -0.436. The lowest BCUT2D eigenvalue weighted by atomic mass is 10.3. The molecule has 1 saturated heterocycles. The molecule has 8 nitrogen and oxygen atoms in total. The quantitative estimate of drug-likeness (QED) is 0.457. The van der Waals surface area contributed by atoms with E-state index < -0.39 is 25.7 Å². The van der Waals surface area contributed by atoms with Gasteiger partial charge in [0.1, 0.15) is 0 Å². The zero-order valence-electron chi connectivity index (χ0n) is 10.9. The van der Waals surface area contributed by atoms with Crippen molar-refractivity contribution in [3.05, 3.63) is 0 Å². The van der Waals surface area contributed by atoms with Crippen molar-refractivity contribution in [2.75, 3.05) is 38.5 Å². The second-order valence-electron chi connectivity index (χ2n) is 4.15. The van der Waals surface area contributed by atoms with Gasteiger partial charge < -0.3 is 10.2 Å². The zero-order valence-corrected chi connectivity index (χ0v) is 12.5. The molecule has 0 bridgehead atoms. The predicted molar refractivity (Wildman–Crippen MR) is 67.9 cm³/mol. The van der Waals surface area contributed by atoms with Gasteiger partial charge in [-0.25, -0.2) is 0 Å². The maximum absolute atomic E-state index is 10.7. The van der Waals surface area contributed by atoms with Gasteiger partial charge in [0, 0.05) is 26.2 Å². The van der Waals surface area contributed by atoms with Crippen LogP contribution in [0.4, 0.5) is 13.2 Å². The number of hydrogen-bond donors (Lipinski definition) is 3. The van der Waals surface area contributed by atoms with Gasteiger partial charge in [-0.1, -0.05) is 0 Å². The van der Waals surface area contributed by atoms with Gasteiger partial charge in [0.2, 0.25) is 0 Å². The van der Waals surface area contributed by atoms with Crippen LogP contribution in [-0.4, -0.2) is 74.8 Å². The van der Waals surface area contributed by atoms with Gasteiger partial charge in [0.15, 0.2) is 0 Å². The summed E-state index contributed by atoms with van der Waals surface area (Å²) in [6.45, 7) is 4.61. The highest BCUT2D eigenvalue weighted by atomic mass is 32.2. The van der Waals surface area contributed by atoms with Gasteiger partial charge in [-0.15, -0.1) is 0 Å². The van der Waals surface area contributed by atoms with Gasteiger partial charge >= 0.3 is 15.6 Å². The van der Waals surface area contributed by atoms with Gasteiger partial charge in [-0.3, -0.25) is 9.11 Å². The minimum Gasteiger partial charge on any atom is -0.314 e. The molecule has 3 N–H and O–H groups in total. The SMILES string of the molecule is O=S(=O)(O)C(F)(F)F.O=S(=O)(O)CCCN1CCNCC1. The Bertz CT molecular complexity index is 499. The molecule has 0 aromatic rings. The first-order valence-corrected chi connectivity index (χ1v) is 8.80. The highest BCUT2D eigenvalue weighted by Gasteiger charge is 2.44. The number of hydrogen-bond acceptors (Lipinski definition) is 6. The standard InChI is InChI=1S/C7H16N2O3S.CHF3O3S/c10-13(11,12)7-1-4-9-5-2-8-3-6-9;2-1(3,4)8(5,6)7/h8H,1-7H2,(H,10,11,12);(H,5,6,7). The summed E-state index contributed by atoms with van der Waals surface area (Å²) in [5, 5.41) is 3.21. The first kappa shape index (κ1) is 20.5. The van der Waals surface area contributed by atoms with Crippen LogP contribution in [0.2, 0.25) is 0 Å². The Labute approximate surface area is 120 Å². The molecule has 0 saturated carbocycles. The first-order valence-electron chi connectivity index (χ1n) is 5.75. The molecular weight excluding hydrogens is 341 g/mol. The molecule has 0 aromatic heterocycles. The van der Waals surface area contributed by atoms with Crippen molar-refractivity contribution in [3.8, 4) is 0 Å². The van der Waals surface area contributed by atoms with E-state index in [-0.39, 0.29) is 5.75 Å². The fourth-order valence-corrected chi connectivity index (χ4v) is 1.90. The minimum absolute atomic E-state index is 0.128. The van der Waals surface area contributed by atoms with Crippen molar-refractivity contribution in [2.24, 2.45) is 0 Å². The Balaban J connectivity index is 0.000000433. The van der Waals surface area contributed by atoms with Crippen molar-refractivity contribution >= 4 is 20.2 Å². The molecule has 1 fully saturated rings. The van der Waals surface area contributed by atoms with Gasteiger partial charge in [0.25, 0.3) is 10.1 Å². The number of rotatable bonds is 4. The van der Waals surface area contributed by atoms with Crippen LogP contribution in [0.3, 0.4) is 0 Å². The first-order chi connectivity index (χ1) is 9.33. The Morgan fingerprint density at radius 2 is 1.48 bits per heavy atom. The molecule has 1 aliphatic heterocycles. The van der Waals surface area contributed by atoms with E-state index in [1.807, 2.05) is 0 Å². The number of nitrogens with zero attached hydrogens (tertiary/aromatic N) is 1. The van der Waals surface area contributed by atoms with Crippen LogP contribution >= 0.6 is 0 Å². The zero-order chi connectivity index (χ0) is 16.7. The molecule has 128 valence electrons. The van der Waals surface area contributed by atoms with E-state index in [4.69, 9.17) is 17.5 Å². The molecule has 0 unspecified atom stereocenters. The lowest BCUT2D eigenvalue weighted by Crippen LogP contribution is -2.44. The van der Waals surface area contributed by atoms with Crippen LogP contribution in [0.5, 0.6) is 0 Å². The third kappa shape index (κ3) is 10.8. The van der Waals surface area contributed by atoms with E-state index in [1.165, 1.54) is 0 Å². The third-order valence-electron chi connectivity index (χ3n) is 2.38. The second kappa shape index (κ2) is 8.24. The summed E-state index contributed by atoms with van der Waals surface area (Å²) in [5.41, 5.74) is -5.53. The molecule has 0 aromatic carbocycles. The highest BCUT2D eigenvalue weighted by molar-refractivity contribution is 7.86. The largest absolute Gasteiger partial charge is 0.522 e. The van der Waals surface area contributed by atoms with Crippen molar-refractivity contribution in [2.45, 2.75) is 11.9 Å². The van der Waals surface area contributed by atoms with Crippen LogP contribution in [0, 0.1) is 0 Å². The number of halogens is 3. The fourth-order valence-electron chi connectivity index (χ4n) is 1.41. The lowest BCUT2D eigenvalue weighted by Gasteiger charge is -2.26. The third-order valence-corrected chi connectivity index (χ3v) is 3.77. The summed E-state index contributed by atoms with van der Waals surface area (Å²) < 4.78 is 86.8. The summed E-state index contributed by atoms with van der Waals surface area (Å²) >= 11 is 0. The van der Waals surface area contributed by atoms with Crippen molar-refractivity contribution in [1.29, 1.82) is 0 Å². The Morgan fingerprint density at radius 3 is 1.81 bits per heavy atom. The van der Waals surface area contributed by atoms with Crippen molar-refractivity contribution in [3.63, 3.8) is 0 Å². The average Bonchev–Trinajstić information content (AvgIpc) is 2.26. The van der Waals surface area contributed by atoms with Crippen LogP contribution in [0.25, 0.3) is 0 Å². The maximum atomic E-state index is 10.7. The van der Waals surface area contributed by atoms with Crippen LogP contribution in [0.15, 0.2) is 0 Å². The van der Waals surface area contributed by atoms with E-state index in [0.29, 0.717) is 6.42 Å². The number of piperazine rings is 1. The summed E-state index contributed by atoms with van der Waals surface area (Å²) in [7, 11) is -9.61. The average molecular weight is 358 g/mol. The molecule has 13 heteroatoms. The Hall–Kier alpha value is -0.470. The minimum atomic E-state index is -5.84. The smallest absolute Gasteiger partial charge is 0.314 e. The van der Waals surface area contributed by atoms with Crippen molar-refractivity contribution < 1.29 is 39.1 Å². The van der Waals surface area contributed by atoms with E-state index in [2.05, 4.69) is 10.2 Å². The van der Waals surface area contributed by atoms with E-state index in [1.54, 1.807) is 0 Å². The molecule has 0 amide bonds. The molecular formula is C8H17F3N2O6S2. The molecule has 0 spiro atoms. The molecule has 0 radical (unpaired) electrons. The summed E-state index contributed by atoms with van der Waals surface area (Å²) in [5.74, 6) is -0.128. The Kier molecular flexibility index (Phi) is 8.05. The van der Waals surface area contributed by atoms with Crippen molar-refractivity contribution in [1.82, 2.24) is 10.2 Å². The molecule has 0 aliphatic carbocycles. The number of alkyl halides is 3.